The van der Waals surface area contributed by atoms with E-state index in [4.69, 9.17) is 0 Å². The second-order valence-corrected chi connectivity index (χ2v) is 4.15. The Bertz CT molecular complexity index is 474. The lowest BCUT2D eigenvalue weighted by Crippen LogP contribution is -2.08. The lowest BCUT2D eigenvalue weighted by Gasteiger charge is -2.09. The topological polar surface area (TPSA) is 29.9 Å². The number of imidazole rings is 1. The Kier molecular flexibility index (Phi) is 3.81. The first-order valence-electron chi connectivity index (χ1n) is 6.10. The number of aryl methyl sites for hydroxylation is 3. The average Bonchev–Trinajstić information content (AvgIpc) is 2.76. The summed E-state index contributed by atoms with van der Waals surface area (Å²) in [5, 5.41) is 3.26. The highest BCUT2D eigenvalue weighted by atomic mass is 15.2. The van der Waals surface area contributed by atoms with Gasteiger partial charge >= 0.3 is 0 Å². The molecule has 0 fully saturated rings. The first-order valence-corrected chi connectivity index (χ1v) is 6.10. The molecule has 1 N–H and O–H groups in total. The van der Waals surface area contributed by atoms with E-state index in [1.807, 2.05) is 12.4 Å². The summed E-state index contributed by atoms with van der Waals surface area (Å²) in [7, 11) is 0. The zero-order chi connectivity index (χ0) is 12.1. The minimum Gasteiger partial charge on any atom is -0.356 e. The van der Waals surface area contributed by atoms with Crippen LogP contribution in [0.2, 0.25) is 0 Å². The monoisotopic (exact) mass is 229 g/mol. The highest BCUT2D eigenvalue weighted by molar-refractivity contribution is 5.28. The molecule has 1 heterocycles. The predicted molar refractivity (Wildman–Crippen MR) is 71.3 cm³/mol. The van der Waals surface area contributed by atoms with E-state index in [9.17, 15) is 0 Å². The molecular weight excluding hydrogens is 210 g/mol. The van der Waals surface area contributed by atoms with Gasteiger partial charge in [0.1, 0.15) is 0 Å². The zero-order valence-electron chi connectivity index (χ0n) is 10.5. The van der Waals surface area contributed by atoms with Gasteiger partial charge in [-0.05, 0) is 31.4 Å². The van der Waals surface area contributed by atoms with Crippen molar-refractivity contribution < 1.29 is 0 Å². The van der Waals surface area contributed by atoms with Crippen LogP contribution in [0, 0.1) is 6.92 Å². The number of hydrogen-bond donors (Lipinski definition) is 1. The van der Waals surface area contributed by atoms with Crippen LogP contribution in [0.4, 0.5) is 5.95 Å². The molecule has 17 heavy (non-hydrogen) atoms. The van der Waals surface area contributed by atoms with E-state index < -0.39 is 0 Å². The smallest absolute Gasteiger partial charge is 0.202 e. The molecule has 90 valence electrons. The largest absolute Gasteiger partial charge is 0.356 e. The third kappa shape index (κ3) is 2.87. The van der Waals surface area contributed by atoms with Crippen LogP contribution in [0.3, 0.4) is 0 Å². The van der Waals surface area contributed by atoms with Crippen LogP contribution in [0.5, 0.6) is 0 Å². The standard InChI is InChI=1S/C14H19N3/c1-3-15-14-16-9-11-17(14)10-8-13-7-5-4-6-12(13)2/h4-7,9,11H,3,8,10H2,1-2H3,(H,15,16). The van der Waals surface area contributed by atoms with Crippen molar-refractivity contribution in [2.24, 2.45) is 0 Å². The van der Waals surface area contributed by atoms with Gasteiger partial charge in [0.25, 0.3) is 0 Å². The number of aromatic nitrogens is 2. The lowest BCUT2D eigenvalue weighted by molar-refractivity contribution is 0.698. The molecule has 1 aromatic heterocycles. The van der Waals surface area contributed by atoms with Gasteiger partial charge in [-0.2, -0.15) is 0 Å². The third-order valence-electron chi connectivity index (χ3n) is 2.93. The van der Waals surface area contributed by atoms with Gasteiger partial charge in [-0.3, -0.25) is 0 Å². The van der Waals surface area contributed by atoms with Crippen LogP contribution in [0.15, 0.2) is 36.7 Å². The van der Waals surface area contributed by atoms with Gasteiger partial charge in [0.15, 0.2) is 0 Å². The fraction of sp³-hybridized carbons (Fsp3) is 0.357. The normalized spacial score (nSPS) is 10.5. The van der Waals surface area contributed by atoms with Gasteiger partial charge in [-0.1, -0.05) is 24.3 Å². The summed E-state index contributed by atoms with van der Waals surface area (Å²) in [4.78, 5) is 4.29. The zero-order valence-corrected chi connectivity index (χ0v) is 10.5. The first-order chi connectivity index (χ1) is 8.31. The average molecular weight is 229 g/mol. The van der Waals surface area contributed by atoms with Crippen LogP contribution >= 0.6 is 0 Å². The van der Waals surface area contributed by atoms with Crippen molar-refractivity contribution in [3.8, 4) is 0 Å². The van der Waals surface area contributed by atoms with Crippen molar-refractivity contribution in [3.63, 3.8) is 0 Å². The maximum absolute atomic E-state index is 4.29. The van der Waals surface area contributed by atoms with E-state index >= 15 is 0 Å². The van der Waals surface area contributed by atoms with E-state index in [1.54, 1.807) is 0 Å². The number of hydrogen-bond acceptors (Lipinski definition) is 2. The van der Waals surface area contributed by atoms with E-state index in [1.165, 1.54) is 11.1 Å². The number of anilines is 1. The van der Waals surface area contributed by atoms with Crippen LogP contribution in [0.25, 0.3) is 0 Å². The van der Waals surface area contributed by atoms with Gasteiger partial charge in [-0.15, -0.1) is 0 Å². The summed E-state index contributed by atoms with van der Waals surface area (Å²) in [6.45, 7) is 6.11. The quantitative estimate of drug-likeness (QED) is 0.854. The van der Waals surface area contributed by atoms with Crippen molar-refractivity contribution >= 4 is 5.95 Å². The Morgan fingerprint density at radius 3 is 2.88 bits per heavy atom. The van der Waals surface area contributed by atoms with E-state index in [0.717, 1.165) is 25.5 Å². The first kappa shape index (κ1) is 11.7. The van der Waals surface area contributed by atoms with Crippen LogP contribution in [-0.2, 0) is 13.0 Å². The van der Waals surface area contributed by atoms with E-state index in [-0.39, 0.29) is 0 Å². The van der Waals surface area contributed by atoms with Crippen molar-refractivity contribution in [3.05, 3.63) is 47.8 Å². The summed E-state index contributed by atoms with van der Waals surface area (Å²) < 4.78 is 2.16. The van der Waals surface area contributed by atoms with Crippen molar-refractivity contribution in [2.45, 2.75) is 26.8 Å². The molecule has 3 heteroatoms. The minimum absolute atomic E-state index is 0.904. The predicted octanol–water partition coefficient (Wildman–Crippen LogP) is 2.87. The Hall–Kier alpha value is -1.77. The molecule has 2 aromatic rings. The second kappa shape index (κ2) is 5.53. The van der Waals surface area contributed by atoms with Gasteiger partial charge in [-0.25, -0.2) is 4.98 Å². The Morgan fingerprint density at radius 1 is 1.29 bits per heavy atom. The number of nitrogens with zero attached hydrogens (tertiary/aromatic N) is 2. The Balaban J connectivity index is 2.02. The molecule has 0 atom stereocenters. The number of nitrogens with one attached hydrogen (secondary N) is 1. The summed E-state index contributed by atoms with van der Waals surface area (Å²) in [6.07, 6.45) is 4.91. The highest BCUT2D eigenvalue weighted by Crippen LogP contribution is 2.11. The molecule has 0 spiro atoms. The van der Waals surface area contributed by atoms with Crippen molar-refractivity contribution in [1.29, 1.82) is 0 Å². The molecule has 0 bridgehead atoms. The van der Waals surface area contributed by atoms with Crippen LogP contribution in [0.1, 0.15) is 18.1 Å². The van der Waals surface area contributed by atoms with Crippen LogP contribution in [-0.4, -0.2) is 16.1 Å². The lowest BCUT2D eigenvalue weighted by atomic mass is 10.1. The molecule has 1 aromatic carbocycles. The summed E-state index contributed by atoms with van der Waals surface area (Å²) >= 11 is 0. The van der Waals surface area contributed by atoms with Gasteiger partial charge in [0, 0.05) is 25.5 Å². The molecule has 0 aliphatic heterocycles. The molecule has 0 aliphatic carbocycles. The SMILES string of the molecule is CCNc1nccn1CCc1ccccc1C. The summed E-state index contributed by atoms with van der Waals surface area (Å²) in [6, 6.07) is 8.54. The van der Waals surface area contributed by atoms with Gasteiger partial charge < -0.3 is 9.88 Å². The van der Waals surface area contributed by atoms with E-state index in [0.29, 0.717) is 0 Å². The number of rotatable bonds is 5. The molecule has 0 saturated heterocycles. The molecule has 3 nitrogen and oxygen atoms in total. The summed E-state index contributed by atoms with van der Waals surface area (Å²) in [5.41, 5.74) is 2.77. The molecule has 0 amide bonds. The molecule has 0 unspecified atom stereocenters. The maximum atomic E-state index is 4.29. The summed E-state index contributed by atoms with van der Waals surface area (Å²) in [5.74, 6) is 0.959. The number of benzene rings is 1. The highest BCUT2D eigenvalue weighted by Gasteiger charge is 2.02. The van der Waals surface area contributed by atoms with Crippen molar-refractivity contribution in [1.82, 2.24) is 9.55 Å². The minimum atomic E-state index is 0.904. The third-order valence-corrected chi connectivity index (χ3v) is 2.93. The fourth-order valence-corrected chi connectivity index (χ4v) is 1.95. The molecule has 2 rings (SSSR count). The van der Waals surface area contributed by atoms with Crippen molar-refractivity contribution in [2.75, 3.05) is 11.9 Å². The molecular formula is C14H19N3. The molecule has 0 saturated carbocycles. The van der Waals surface area contributed by atoms with Gasteiger partial charge in [0.05, 0.1) is 0 Å². The Morgan fingerprint density at radius 2 is 2.12 bits per heavy atom. The molecule has 0 aliphatic rings. The second-order valence-electron chi connectivity index (χ2n) is 4.15. The van der Waals surface area contributed by atoms with E-state index in [2.05, 4.69) is 53.0 Å². The molecule has 0 radical (unpaired) electrons. The Labute approximate surface area is 103 Å². The van der Waals surface area contributed by atoms with Gasteiger partial charge in [0.2, 0.25) is 5.95 Å². The maximum Gasteiger partial charge on any atom is 0.202 e. The fourth-order valence-electron chi connectivity index (χ4n) is 1.95. The van der Waals surface area contributed by atoms with Crippen LogP contribution < -0.4 is 5.32 Å².